The number of fused-ring (bicyclic) bond motifs is 1. The van der Waals surface area contributed by atoms with Gasteiger partial charge in [-0.1, -0.05) is 0 Å². The average Bonchev–Trinajstić information content (AvgIpc) is 2.81. The summed E-state index contributed by atoms with van der Waals surface area (Å²) < 4.78 is 1.92. The third-order valence-corrected chi connectivity index (χ3v) is 3.70. The maximum Gasteiger partial charge on any atom is 0.352 e. The van der Waals surface area contributed by atoms with Crippen LogP contribution in [0.2, 0.25) is 0 Å². The molecule has 0 unspecified atom stereocenters. The fraction of sp³-hybridized carbons (Fsp3) is 0.583. The molecule has 0 radical (unpaired) electrons. The van der Waals surface area contributed by atoms with Gasteiger partial charge in [0.05, 0.1) is 0 Å². The predicted octanol–water partition coefficient (Wildman–Crippen LogP) is 2.09. The summed E-state index contributed by atoms with van der Waals surface area (Å²) in [6, 6.07) is 0. The molecule has 0 aromatic carbocycles. The van der Waals surface area contributed by atoms with Gasteiger partial charge in [-0.15, -0.1) is 0 Å². The zero-order valence-corrected chi connectivity index (χ0v) is 8.92. The van der Waals surface area contributed by atoms with E-state index in [0.29, 0.717) is 11.6 Å². The molecular weight excluding hydrogens is 190 g/mol. The molecule has 3 heteroatoms. The molecule has 2 aliphatic rings. The average molecular weight is 205 g/mol. The number of carboxylic acids is 1. The first-order chi connectivity index (χ1) is 7.20. The highest BCUT2D eigenvalue weighted by molar-refractivity contribution is 5.89. The molecule has 0 aliphatic heterocycles. The highest BCUT2D eigenvalue weighted by Gasteiger charge is 2.36. The zero-order chi connectivity index (χ0) is 10.6. The molecule has 1 fully saturated rings. The van der Waals surface area contributed by atoms with Crippen LogP contribution < -0.4 is 0 Å². The van der Waals surface area contributed by atoms with E-state index in [4.69, 9.17) is 0 Å². The van der Waals surface area contributed by atoms with Crippen molar-refractivity contribution >= 4 is 5.97 Å². The van der Waals surface area contributed by atoms with E-state index in [2.05, 4.69) is 0 Å². The minimum Gasteiger partial charge on any atom is -0.477 e. The second kappa shape index (κ2) is 2.87. The number of nitrogens with zero attached hydrogens (tertiary/aromatic N) is 1. The molecule has 80 valence electrons. The minimum absolute atomic E-state index is 0.546. The summed E-state index contributed by atoms with van der Waals surface area (Å²) in [4.78, 5) is 11.3. The fourth-order valence-corrected chi connectivity index (χ4v) is 2.92. The van der Waals surface area contributed by atoms with Crippen molar-refractivity contribution in [2.45, 2.75) is 38.0 Å². The molecule has 1 N–H and O–H groups in total. The van der Waals surface area contributed by atoms with Crippen LogP contribution in [0.25, 0.3) is 0 Å². The molecule has 0 bridgehead atoms. The topological polar surface area (TPSA) is 42.2 Å². The number of aromatic nitrogens is 1. The van der Waals surface area contributed by atoms with Gasteiger partial charge in [0.25, 0.3) is 0 Å². The molecule has 0 spiro atoms. The van der Waals surface area contributed by atoms with Gasteiger partial charge in [0.2, 0.25) is 0 Å². The molecule has 2 aliphatic carbocycles. The van der Waals surface area contributed by atoms with Crippen LogP contribution in [-0.4, -0.2) is 15.6 Å². The lowest BCUT2D eigenvalue weighted by Gasteiger charge is -2.04. The molecule has 15 heavy (non-hydrogen) atoms. The summed E-state index contributed by atoms with van der Waals surface area (Å²) in [6.07, 6.45) is 5.69. The summed E-state index contributed by atoms with van der Waals surface area (Å²) in [7, 11) is 1.90. The molecule has 3 nitrogen and oxygen atoms in total. The van der Waals surface area contributed by atoms with E-state index in [9.17, 15) is 9.90 Å². The van der Waals surface area contributed by atoms with Crippen LogP contribution in [0.3, 0.4) is 0 Å². The van der Waals surface area contributed by atoms with Crippen molar-refractivity contribution in [2.75, 3.05) is 0 Å². The van der Waals surface area contributed by atoms with Gasteiger partial charge in [-0.2, -0.15) is 0 Å². The van der Waals surface area contributed by atoms with E-state index >= 15 is 0 Å². The van der Waals surface area contributed by atoms with Gasteiger partial charge in [0.15, 0.2) is 0 Å². The van der Waals surface area contributed by atoms with Gasteiger partial charge in [-0.3, -0.25) is 0 Å². The minimum atomic E-state index is -0.756. The molecule has 0 amide bonds. The van der Waals surface area contributed by atoms with Crippen LogP contribution in [0, 0.1) is 0 Å². The van der Waals surface area contributed by atoms with E-state index in [0.717, 1.165) is 18.4 Å². The Morgan fingerprint density at radius 1 is 1.40 bits per heavy atom. The lowest BCUT2D eigenvalue weighted by molar-refractivity contribution is 0.0684. The van der Waals surface area contributed by atoms with Crippen molar-refractivity contribution in [3.05, 3.63) is 22.5 Å². The van der Waals surface area contributed by atoms with Crippen molar-refractivity contribution in [1.82, 2.24) is 4.57 Å². The van der Waals surface area contributed by atoms with Gasteiger partial charge in [-0.25, -0.2) is 4.79 Å². The third kappa shape index (κ3) is 1.15. The number of hydrogen-bond donors (Lipinski definition) is 1. The highest BCUT2D eigenvalue weighted by Crippen LogP contribution is 2.46. The quantitative estimate of drug-likeness (QED) is 0.803. The Labute approximate surface area is 88.7 Å². The maximum atomic E-state index is 11.3. The standard InChI is InChI=1S/C12H15NO2/c1-13-9-4-2-3-8(9)10(7-5-6-7)11(13)12(14)15/h7H,2-6H2,1H3,(H,14,15). The Morgan fingerprint density at radius 3 is 2.73 bits per heavy atom. The highest BCUT2D eigenvalue weighted by atomic mass is 16.4. The fourth-order valence-electron chi connectivity index (χ4n) is 2.92. The number of hydrogen-bond acceptors (Lipinski definition) is 1. The normalized spacial score (nSPS) is 19.3. The zero-order valence-electron chi connectivity index (χ0n) is 8.92. The second-order valence-corrected chi connectivity index (χ2v) is 4.68. The van der Waals surface area contributed by atoms with Crippen LogP contribution in [0.4, 0.5) is 0 Å². The van der Waals surface area contributed by atoms with Crippen LogP contribution in [0.15, 0.2) is 0 Å². The molecule has 1 aromatic heterocycles. The molecule has 0 saturated heterocycles. The molecular formula is C12H15NO2. The SMILES string of the molecule is Cn1c2c(c(C3CC3)c1C(=O)O)CCC2. The second-order valence-electron chi connectivity index (χ2n) is 4.68. The lowest BCUT2D eigenvalue weighted by Crippen LogP contribution is -2.09. The van der Waals surface area contributed by atoms with Crippen molar-refractivity contribution in [3.63, 3.8) is 0 Å². The van der Waals surface area contributed by atoms with Gasteiger partial charge in [-0.05, 0) is 49.1 Å². The smallest absolute Gasteiger partial charge is 0.352 e. The third-order valence-electron chi connectivity index (χ3n) is 3.70. The van der Waals surface area contributed by atoms with Crippen LogP contribution in [-0.2, 0) is 19.9 Å². The number of carboxylic acid groups (broad SMARTS) is 1. The monoisotopic (exact) mass is 205 g/mol. The molecule has 1 heterocycles. The van der Waals surface area contributed by atoms with Gasteiger partial charge >= 0.3 is 5.97 Å². The maximum absolute atomic E-state index is 11.3. The number of carbonyl (C=O) groups is 1. The van der Waals surface area contributed by atoms with Gasteiger partial charge in [0.1, 0.15) is 5.69 Å². The van der Waals surface area contributed by atoms with Crippen molar-refractivity contribution in [2.24, 2.45) is 7.05 Å². The largest absolute Gasteiger partial charge is 0.477 e. The summed E-state index contributed by atoms with van der Waals surface area (Å²) in [5, 5.41) is 9.26. The van der Waals surface area contributed by atoms with E-state index < -0.39 is 5.97 Å². The lowest BCUT2D eigenvalue weighted by atomic mass is 10.0. The Bertz CT molecular complexity index is 441. The molecule has 3 rings (SSSR count). The van der Waals surface area contributed by atoms with Crippen molar-refractivity contribution < 1.29 is 9.90 Å². The van der Waals surface area contributed by atoms with Crippen LogP contribution in [0.5, 0.6) is 0 Å². The first-order valence-corrected chi connectivity index (χ1v) is 5.63. The Hall–Kier alpha value is -1.25. The van der Waals surface area contributed by atoms with E-state index in [1.54, 1.807) is 0 Å². The first kappa shape index (κ1) is 9.01. The van der Waals surface area contributed by atoms with Gasteiger partial charge < -0.3 is 9.67 Å². The van der Waals surface area contributed by atoms with Crippen LogP contribution in [0.1, 0.15) is 52.5 Å². The predicted molar refractivity (Wildman–Crippen MR) is 56.4 cm³/mol. The number of aromatic carboxylic acids is 1. The summed E-state index contributed by atoms with van der Waals surface area (Å²) in [6.45, 7) is 0. The Morgan fingerprint density at radius 2 is 2.13 bits per heavy atom. The van der Waals surface area contributed by atoms with E-state index in [1.165, 1.54) is 30.5 Å². The summed E-state index contributed by atoms with van der Waals surface area (Å²) in [5.41, 5.74) is 4.35. The molecule has 0 atom stereocenters. The Balaban J connectivity index is 2.24. The Kier molecular flexibility index (Phi) is 1.73. The van der Waals surface area contributed by atoms with Gasteiger partial charge in [0, 0.05) is 12.7 Å². The first-order valence-electron chi connectivity index (χ1n) is 5.63. The molecule has 1 aromatic rings. The molecule has 1 saturated carbocycles. The van der Waals surface area contributed by atoms with Crippen molar-refractivity contribution in [1.29, 1.82) is 0 Å². The van der Waals surface area contributed by atoms with E-state index in [-0.39, 0.29) is 0 Å². The summed E-state index contributed by atoms with van der Waals surface area (Å²) in [5.74, 6) is -0.210. The van der Waals surface area contributed by atoms with Crippen LogP contribution >= 0.6 is 0 Å². The summed E-state index contributed by atoms with van der Waals surface area (Å²) >= 11 is 0. The van der Waals surface area contributed by atoms with Crippen molar-refractivity contribution in [3.8, 4) is 0 Å². The number of rotatable bonds is 2. The van der Waals surface area contributed by atoms with E-state index in [1.807, 2.05) is 11.6 Å².